The number of hydrogen-bond acceptors (Lipinski definition) is 2. The van der Waals surface area contributed by atoms with Crippen LogP contribution in [-0.2, 0) is 0 Å². The summed E-state index contributed by atoms with van der Waals surface area (Å²) in [6.45, 7) is 9.84. The van der Waals surface area contributed by atoms with E-state index in [4.69, 9.17) is 29.6 Å². The lowest BCUT2D eigenvalue weighted by Crippen LogP contribution is -2.28. The Hall–Kier alpha value is -0.800. The van der Waals surface area contributed by atoms with Gasteiger partial charge in [0.2, 0.25) is 0 Å². The van der Waals surface area contributed by atoms with E-state index in [-0.39, 0.29) is 5.41 Å². The second-order valence-corrected chi connectivity index (χ2v) is 6.40. The second kappa shape index (κ2) is 5.89. The number of thiocarbonyl (C=S) groups is 1. The molecule has 0 saturated heterocycles. The van der Waals surface area contributed by atoms with Gasteiger partial charge in [0.1, 0.15) is 4.99 Å². The first kappa shape index (κ1) is 15.3. The maximum absolute atomic E-state index is 6.13. The van der Waals surface area contributed by atoms with Crippen LogP contribution in [0.5, 0.6) is 0 Å². The Labute approximate surface area is 120 Å². The average Bonchev–Trinajstić information content (AvgIpc) is 2.25. The molecule has 0 aliphatic heterocycles. The highest BCUT2D eigenvalue weighted by Crippen LogP contribution is 2.27. The quantitative estimate of drug-likeness (QED) is 0.801. The first-order valence-electron chi connectivity index (χ1n) is 6.07. The van der Waals surface area contributed by atoms with Crippen molar-refractivity contribution in [3.05, 3.63) is 28.8 Å². The molecule has 1 rings (SSSR count). The maximum Gasteiger partial charge on any atom is 0.105 e. The molecule has 1 aromatic carbocycles. The van der Waals surface area contributed by atoms with Gasteiger partial charge >= 0.3 is 0 Å². The zero-order valence-corrected chi connectivity index (χ0v) is 13.0. The smallest absolute Gasteiger partial charge is 0.105 e. The van der Waals surface area contributed by atoms with Crippen LogP contribution in [0, 0.1) is 11.3 Å². The van der Waals surface area contributed by atoms with Gasteiger partial charge in [0.15, 0.2) is 0 Å². The van der Waals surface area contributed by atoms with Crippen molar-refractivity contribution in [1.82, 2.24) is 0 Å². The molecule has 0 aromatic heterocycles. The molecule has 0 amide bonds. The molecule has 0 spiro atoms. The molecule has 0 bridgehead atoms. The van der Waals surface area contributed by atoms with Crippen LogP contribution < -0.4 is 11.1 Å². The lowest BCUT2D eigenvalue weighted by molar-refractivity contribution is 0.269. The predicted molar refractivity (Wildman–Crippen MR) is 84.4 cm³/mol. The molecule has 18 heavy (non-hydrogen) atoms. The van der Waals surface area contributed by atoms with E-state index in [0.717, 1.165) is 17.8 Å². The van der Waals surface area contributed by atoms with Crippen LogP contribution in [0.2, 0.25) is 5.02 Å². The fourth-order valence-electron chi connectivity index (χ4n) is 1.36. The third kappa shape index (κ3) is 3.85. The SMILES string of the molecule is CC(C)C(C)(C)CNc1ccc(C(N)=S)c(Cl)c1. The van der Waals surface area contributed by atoms with Gasteiger partial charge < -0.3 is 11.1 Å². The topological polar surface area (TPSA) is 38.0 Å². The van der Waals surface area contributed by atoms with Crippen molar-refractivity contribution in [2.24, 2.45) is 17.1 Å². The molecule has 0 heterocycles. The van der Waals surface area contributed by atoms with Crippen LogP contribution in [0.4, 0.5) is 5.69 Å². The van der Waals surface area contributed by atoms with Crippen molar-refractivity contribution in [3.8, 4) is 0 Å². The summed E-state index contributed by atoms with van der Waals surface area (Å²) in [7, 11) is 0. The highest BCUT2D eigenvalue weighted by molar-refractivity contribution is 7.80. The van der Waals surface area contributed by atoms with Gasteiger partial charge in [-0.2, -0.15) is 0 Å². The van der Waals surface area contributed by atoms with Gasteiger partial charge in [-0.15, -0.1) is 0 Å². The fourth-order valence-corrected chi connectivity index (χ4v) is 1.88. The van der Waals surface area contributed by atoms with E-state index in [1.165, 1.54) is 0 Å². The van der Waals surface area contributed by atoms with Gasteiger partial charge in [-0.25, -0.2) is 0 Å². The van der Waals surface area contributed by atoms with E-state index < -0.39 is 0 Å². The molecule has 1 aromatic rings. The lowest BCUT2D eigenvalue weighted by atomic mass is 9.81. The van der Waals surface area contributed by atoms with Crippen molar-refractivity contribution in [3.63, 3.8) is 0 Å². The van der Waals surface area contributed by atoms with Gasteiger partial charge in [-0.3, -0.25) is 0 Å². The molecule has 0 unspecified atom stereocenters. The van der Waals surface area contributed by atoms with E-state index in [0.29, 0.717) is 15.9 Å². The number of nitrogens with one attached hydrogen (secondary N) is 1. The third-order valence-corrected chi connectivity index (χ3v) is 4.08. The number of hydrogen-bond donors (Lipinski definition) is 2. The summed E-state index contributed by atoms with van der Waals surface area (Å²) in [5, 5.41) is 4.00. The first-order valence-corrected chi connectivity index (χ1v) is 6.86. The van der Waals surface area contributed by atoms with Crippen LogP contribution in [-0.4, -0.2) is 11.5 Å². The van der Waals surface area contributed by atoms with Crippen LogP contribution >= 0.6 is 23.8 Å². The van der Waals surface area contributed by atoms with Gasteiger partial charge in [0.25, 0.3) is 0 Å². The van der Waals surface area contributed by atoms with Crippen molar-refractivity contribution >= 4 is 34.5 Å². The summed E-state index contributed by atoms with van der Waals surface area (Å²) < 4.78 is 0. The summed E-state index contributed by atoms with van der Waals surface area (Å²) in [4.78, 5) is 0.328. The van der Waals surface area contributed by atoms with E-state index in [1.54, 1.807) is 0 Å². The minimum Gasteiger partial charge on any atom is -0.389 e. The number of nitrogens with two attached hydrogens (primary N) is 1. The summed E-state index contributed by atoms with van der Waals surface area (Å²) in [6.07, 6.45) is 0. The second-order valence-electron chi connectivity index (χ2n) is 5.56. The predicted octanol–water partition coefficient (Wildman–Crippen LogP) is 4.07. The highest BCUT2D eigenvalue weighted by atomic mass is 35.5. The van der Waals surface area contributed by atoms with Gasteiger partial charge in [0.05, 0.1) is 5.02 Å². The van der Waals surface area contributed by atoms with Gasteiger partial charge in [0, 0.05) is 17.8 Å². The Kier molecular flexibility index (Phi) is 5.00. The Bertz CT molecular complexity index is 441. The molecule has 2 nitrogen and oxygen atoms in total. The maximum atomic E-state index is 6.13. The van der Waals surface area contributed by atoms with Gasteiger partial charge in [-0.05, 0) is 29.5 Å². The normalized spacial score (nSPS) is 11.7. The van der Waals surface area contributed by atoms with Crippen molar-refractivity contribution in [2.45, 2.75) is 27.7 Å². The summed E-state index contributed by atoms with van der Waals surface area (Å²) >= 11 is 11.1. The van der Waals surface area contributed by atoms with E-state index in [9.17, 15) is 0 Å². The number of anilines is 1. The Morgan fingerprint density at radius 2 is 2.06 bits per heavy atom. The van der Waals surface area contributed by atoms with E-state index >= 15 is 0 Å². The zero-order valence-electron chi connectivity index (χ0n) is 11.4. The molecule has 0 radical (unpaired) electrons. The van der Waals surface area contributed by atoms with E-state index in [2.05, 4.69) is 33.0 Å². The van der Waals surface area contributed by atoms with Crippen LogP contribution in [0.15, 0.2) is 18.2 Å². The van der Waals surface area contributed by atoms with Crippen molar-refractivity contribution in [2.75, 3.05) is 11.9 Å². The molecule has 0 saturated carbocycles. The molecule has 100 valence electrons. The zero-order chi connectivity index (χ0) is 13.9. The summed E-state index contributed by atoms with van der Waals surface area (Å²) in [5.74, 6) is 0.608. The Morgan fingerprint density at radius 3 is 2.50 bits per heavy atom. The molecular formula is C14H21ClN2S. The van der Waals surface area contributed by atoms with Crippen LogP contribution in [0.25, 0.3) is 0 Å². The van der Waals surface area contributed by atoms with Gasteiger partial charge in [-0.1, -0.05) is 51.5 Å². The number of benzene rings is 1. The average molecular weight is 285 g/mol. The third-order valence-electron chi connectivity index (χ3n) is 3.55. The fraction of sp³-hybridized carbons (Fsp3) is 0.500. The molecule has 0 aliphatic carbocycles. The van der Waals surface area contributed by atoms with E-state index in [1.807, 2.05) is 18.2 Å². The summed E-state index contributed by atoms with van der Waals surface area (Å²) in [5.41, 5.74) is 7.52. The monoisotopic (exact) mass is 284 g/mol. The number of halogens is 1. The van der Waals surface area contributed by atoms with Crippen LogP contribution in [0.1, 0.15) is 33.3 Å². The summed E-state index contributed by atoms with van der Waals surface area (Å²) in [6, 6.07) is 5.68. The van der Waals surface area contributed by atoms with Crippen molar-refractivity contribution in [1.29, 1.82) is 0 Å². The molecule has 0 fully saturated rings. The molecule has 0 atom stereocenters. The molecular weight excluding hydrogens is 264 g/mol. The first-order chi connectivity index (χ1) is 8.24. The Balaban J connectivity index is 2.76. The molecule has 0 aliphatic rings. The lowest BCUT2D eigenvalue weighted by Gasteiger charge is -2.30. The minimum absolute atomic E-state index is 0.230. The molecule has 4 heteroatoms. The Morgan fingerprint density at radius 1 is 1.44 bits per heavy atom. The molecule has 3 N–H and O–H groups in total. The minimum atomic E-state index is 0.230. The number of rotatable bonds is 5. The van der Waals surface area contributed by atoms with Crippen molar-refractivity contribution < 1.29 is 0 Å². The standard InChI is InChI=1S/C14H21ClN2S/c1-9(2)14(3,4)8-17-10-5-6-11(13(16)18)12(15)7-10/h5-7,9,17H,8H2,1-4H3,(H2,16,18). The highest BCUT2D eigenvalue weighted by Gasteiger charge is 2.21. The largest absolute Gasteiger partial charge is 0.389 e. The van der Waals surface area contributed by atoms with Crippen LogP contribution in [0.3, 0.4) is 0 Å².